The number of hydrogen-bond acceptors (Lipinski definition) is 2. The second kappa shape index (κ2) is 29.2. The molecule has 0 aliphatic carbocycles. The Balaban J connectivity index is -0.0000000860. The lowest BCUT2D eigenvalue weighted by Gasteiger charge is -1.98. The van der Waals surface area contributed by atoms with Crippen molar-refractivity contribution in [3.05, 3.63) is 24.0 Å². The number of rotatable bonds is 3. The molecule has 0 aliphatic heterocycles. The zero-order valence-electron chi connectivity index (χ0n) is 11.7. The van der Waals surface area contributed by atoms with Crippen molar-refractivity contribution < 1.29 is 5.11 Å². The molecule has 0 bridgehead atoms. The van der Waals surface area contributed by atoms with Gasteiger partial charge in [0.1, 0.15) is 0 Å². The molecular weight excluding hydrogens is 186 g/mol. The summed E-state index contributed by atoms with van der Waals surface area (Å²) in [5.41, 5.74) is 6.08. The number of hydrogen-bond donors (Lipinski definition) is 2. The summed E-state index contributed by atoms with van der Waals surface area (Å²) in [6.07, 6.45) is 2.33. The molecule has 0 saturated heterocycles. The molecule has 0 aromatic carbocycles. The topological polar surface area (TPSA) is 46.2 Å². The van der Waals surface area contributed by atoms with Gasteiger partial charge >= 0.3 is 0 Å². The summed E-state index contributed by atoms with van der Waals surface area (Å²) in [5, 5.41) is 8.90. The van der Waals surface area contributed by atoms with Crippen LogP contribution < -0.4 is 5.73 Å². The lowest BCUT2D eigenvalue weighted by Crippen LogP contribution is -2.00. The lowest BCUT2D eigenvalue weighted by atomic mass is 10.1. The van der Waals surface area contributed by atoms with E-state index < -0.39 is 0 Å². The Hall–Kier alpha value is -0.760. The van der Waals surface area contributed by atoms with Crippen LogP contribution in [0.3, 0.4) is 0 Å². The van der Waals surface area contributed by atoms with Gasteiger partial charge in [-0.25, -0.2) is 0 Å². The van der Waals surface area contributed by atoms with Gasteiger partial charge in [0.05, 0.1) is 5.76 Å². The van der Waals surface area contributed by atoms with E-state index in [4.69, 9.17) is 10.8 Å². The fourth-order valence-corrected chi connectivity index (χ4v) is 0.586. The summed E-state index contributed by atoms with van der Waals surface area (Å²) < 4.78 is 0. The molecule has 0 fully saturated rings. The molecule has 0 radical (unpaired) electrons. The summed E-state index contributed by atoms with van der Waals surface area (Å²) >= 11 is 0. The van der Waals surface area contributed by atoms with E-state index in [0.29, 0.717) is 18.7 Å². The third kappa shape index (κ3) is 24.6. The zero-order valence-corrected chi connectivity index (χ0v) is 11.7. The van der Waals surface area contributed by atoms with Gasteiger partial charge in [-0.1, -0.05) is 54.2 Å². The van der Waals surface area contributed by atoms with E-state index >= 15 is 0 Å². The SMILES string of the molecule is C=C/C(CCN)=C(/C)O.CC.CC.CC. The van der Waals surface area contributed by atoms with Crippen LogP contribution in [0.2, 0.25) is 0 Å². The third-order valence-corrected chi connectivity index (χ3v) is 1.12. The highest BCUT2D eigenvalue weighted by Gasteiger charge is 1.92. The van der Waals surface area contributed by atoms with Crippen LogP contribution in [0.5, 0.6) is 0 Å². The molecule has 3 N–H and O–H groups in total. The van der Waals surface area contributed by atoms with E-state index in [1.54, 1.807) is 13.0 Å². The summed E-state index contributed by atoms with van der Waals surface area (Å²) in [6, 6.07) is 0. The molecule has 0 heterocycles. The molecule has 0 spiro atoms. The maximum atomic E-state index is 8.90. The van der Waals surface area contributed by atoms with Crippen molar-refractivity contribution in [3.8, 4) is 0 Å². The molecule has 0 rings (SSSR count). The summed E-state index contributed by atoms with van der Waals surface area (Å²) in [6.45, 7) is 17.7. The van der Waals surface area contributed by atoms with Gasteiger partial charge in [-0.05, 0) is 25.5 Å². The molecule has 94 valence electrons. The van der Waals surface area contributed by atoms with Gasteiger partial charge < -0.3 is 10.8 Å². The van der Waals surface area contributed by atoms with E-state index in [-0.39, 0.29) is 0 Å². The van der Waals surface area contributed by atoms with Crippen LogP contribution in [0.25, 0.3) is 0 Å². The average Bonchev–Trinajstić information content (AvgIpc) is 2.33. The van der Waals surface area contributed by atoms with Gasteiger partial charge in [0.15, 0.2) is 0 Å². The number of nitrogens with two attached hydrogens (primary N) is 1. The van der Waals surface area contributed by atoms with Crippen LogP contribution in [0.15, 0.2) is 24.0 Å². The lowest BCUT2D eigenvalue weighted by molar-refractivity contribution is 0.407. The van der Waals surface area contributed by atoms with E-state index in [1.165, 1.54) is 0 Å². The average molecular weight is 217 g/mol. The number of allylic oxidation sites excluding steroid dienone is 2. The van der Waals surface area contributed by atoms with Gasteiger partial charge in [0.25, 0.3) is 0 Å². The van der Waals surface area contributed by atoms with Crippen LogP contribution in [-0.4, -0.2) is 11.7 Å². The van der Waals surface area contributed by atoms with Crippen LogP contribution in [-0.2, 0) is 0 Å². The first-order valence-electron chi connectivity index (χ1n) is 5.93. The normalized spacial score (nSPS) is 8.80. The highest BCUT2D eigenvalue weighted by molar-refractivity contribution is 5.18. The second-order valence-corrected chi connectivity index (χ2v) is 1.85. The predicted octanol–water partition coefficient (Wildman–Crippen LogP) is 4.43. The van der Waals surface area contributed by atoms with Crippen LogP contribution >= 0.6 is 0 Å². The van der Waals surface area contributed by atoms with E-state index in [9.17, 15) is 0 Å². The third-order valence-electron chi connectivity index (χ3n) is 1.12. The van der Waals surface area contributed by atoms with Crippen LogP contribution in [0.4, 0.5) is 0 Å². The Kier molecular flexibility index (Phi) is 46.4. The van der Waals surface area contributed by atoms with E-state index in [2.05, 4.69) is 6.58 Å². The molecule has 2 heteroatoms. The largest absolute Gasteiger partial charge is 0.512 e. The molecule has 0 unspecified atom stereocenters. The molecule has 0 aromatic rings. The van der Waals surface area contributed by atoms with Crippen LogP contribution in [0.1, 0.15) is 54.9 Å². The molecule has 0 aromatic heterocycles. The quantitative estimate of drug-likeness (QED) is 0.542. The molecule has 0 atom stereocenters. The smallest absolute Gasteiger partial charge is 0.0923 e. The zero-order chi connectivity index (χ0) is 13.3. The predicted molar refractivity (Wildman–Crippen MR) is 73.2 cm³/mol. The van der Waals surface area contributed by atoms with Gasteiger partial charge in [-0.3, -0.25) is 0 Å². The standard InChI is InChI=1S/C7H13NO.3C2H6/c1-3-7(4-5-8)6(2)9;3*1-2/h3,9H,1,4-5,8H2,2H3;3*1-2H3/b7-6+;;;. The molecule has 0 aliphatic rings. The Morgan fingerprint density at radius 2 is 1.47 bits per heavy atom. The van der Waals surface area contributed by atoms with Crippen molar-refractivity contribution in [2.45, 2.75) is 54.9 Å². The van der Waals surface area contributed by atoms with Crippen molar-refractivity contribution in [3.63, 3.8) is 0 Å². The number of aliphatic hydroxyl groups excluding tert-OH is 1. The minimum Gasteiger partial charge on any atom is -0.512 e. The Morgan fingerprint density at radius 3 is 1.53 bits per heavy atom. The Morgan fingerprint density at radius 1 is 1.13 bits per heavy atom. The molecule has 0 saturated carbocycles. The molecule has 15 heavy (non-hydrogen) atoms. The maximum absolute atomic E-state index is 8.90. The fourth-order valence-electron chi connectivity index (χ4n) is 0.586. The molecule has 0 amide bonds. The van der Waals surface area contributed by atoms with Crippen molar-refractivity contribution >= 4 is 0 Å². The first-order valence-corrected chi connectivity index (χ1v) is 5.93. The van der Waals surface area contributed by atoms with Crippen LogP contribution in [0, 0.1) is 0 Å². The van der Waals surface area contributed by atoms with Crippen molar-refractivity contribution in [2.75, 3.05) is 6.54 Å². The summed E-state index contributed by atoms with van der Waals surface area (Å²) in [4.78, 5) is 0. The summed E-state index contributed by atoms with van der Waals surface area (Å²) in [5.74, 6) is 0.315. The Labute approximate surface area is 96.9 Å². The second-order valence-electron chi connectivity index (χ2n) is 1.85. The minimum absolute atomic E-state index is 0.315. The first kappa shape index (κ1) is 23.8. The fraction of sp³-hybridized carbons (Fsp3) is 0.692. The molecular formula is C13H31NO. The Bertz CT molecular complexity index is 124. The highest BCUT2D eigenvalue weighted by atomic mass is 16.3. The van der Waals surface area contributed by atoms with Crippen molar-refractivity contribution in [1.82, 2.24) is 0 Å². The monoisotopic (exact) mass is 217 g/mol. The highest BCUT2D eigenvalue weighted by Crippen LogP contribution is 2.04. The van der Waals surface area contributed by atoms with Crippen molar-refractivity contribution in [1.29, 1.82) is 0 Å². The van der Waals surface area contributed by atoms with Gasteiger partial charge in [0, 0.05) is 0 Å². The van der Waals surface area contributed by atoms with Gasteiger partial charge in [-0.2, -0.15) is 0 Å². The maximum Gasteiger partial charge on any atom is 0.0923 e. The number of aliphatic hydroxyl groups is 1. The van der Waals surface area contributed by atoms with Crippen molar-refractivity contribution in [2.24, 2.45) is 5.73 Å². The first-order chi connectivity index (χ1) is 7.22. The van der Waals surface area contributed by atoms with Gasteiger partial charge in [0.2, 0.25) is 0 Å². The molecule has 2 nitrogen and oxygen atoms in total. The summed E-state index contributed by atoms with van der Waals surface area (Å²) in [7, 11) is 0. The van der Waals surface area contributed by atoms with E-state index in [0.717, 1.165) is 5.57 Å². The van der Waals surface area contributed by atoms with E-state index in [1.807, 2.05) is 41.5 Å². The minimum atomic E-state index is 0.315. The van der Waals surface area contributed by atoms with Gasteiger partial charge in [-0.15, -0.1) is 0 Å².